The first-order valence-electron chi connectivity index (χ1n) is 13.4. The van der Waals surface area contributed by atoms with Crippen LogP contribution in [0, 0.1) is 5.92 Å². The molecule has 4 aromatic heterocycles. The second-order valence-corrected chi connectivity index (χ2v) is 14.2. The van der Waals surface area contributed by atoms with Crippen LogP contribution in [0.15, 0.2) is 23.8 Å². The minimum atomic E-state index is -4.77. The van der Waals surface area contributed by atoms with Gasteiger partial charge in [0.25, 0.3) is 5.56 Å². The Morgan fingerprint density at radius 3 is 2.36 bits per heavy atom. The number of nitrogens with two attached hydrogens (primary N) is 2. The minimum Gasteiger partial charge on any atom is -0.390 e. The number of aromatic amines is 1. The van der Waals surface area contributed by atoms with Gasteiger partial charge in [-0.2, -0.15) is 4.98 Å². The molecular weight excluding hydrogens is 644 g/mol. The molecule has 7 rings (SSSR count). The van der Waals surface area contributed by atoms with Crippen molar-refractivity contribution in [2.24, 2.45) is 5.92 Å². The topological polar surface area (TPSA) is 323 Å². The standard InChI is InChI=1S/C21H27N11O11P2/c22-15-11-16(25-4-24-15)31(5-26-11)20-14(34)10-8(42-20)1-40-44(36,37)3-7-13(33)9(2-41-45(38,39)30-10)43-19(7)32-6-27-12-17(32)28-21(23)29-18(12)35/h4-10,13-14,19-20,33-34H,1-3H2,(H,36,37)(H2,22,24,25)(H2,30,38,39)(H3,23,28,29,35)/t7-,8-,9-,10-,13+,14-,19-,20-/m1/s1. The molecule has 2 unspecified atom stereocenters. The molecule has 0 spiro atoms. The van der Waals surface area contributed by atoms with E-state index in [0.717, 1.165) is 0 Å². The lowest BCUT2D eigenvalue weighted by molar-refractivity contribution is -0.0475. The molecule has 2 bridgehead atoms. The number of nitrogen functional groups attached to an aromatic ring is 2. The van der Waals surface area contributed by atoms with Crippen LogP contribution in [0.2, 0.25) is 0 Å². The third-order valence-electron chi connectivity index (χ3n) is 7.87. The number of H-pyrrole nitrogens is 1. The number of aromatic nitrogens is 8. The molecule has 22 nitrogen and oxygen atoms in total. The van der Waals surface area contributed by atoms with Crippen molar-refractivity contribution in [3.63, 3.8) is 0 Å². The largest absolute Gasteiger partial charge is 0.403 e. The maximum atomic E-state index is 13.4. The van der Waals surface area contributed by atoms with Gasteiger partial charge in [0.15, 0.2) is 28.9 Å². The predicted octanol–water partition coefficient (Wildman–Crippen LogP) is -2.45. The molecule has 3 aliphatic heterocycles. The normalized spacial score (nSPS) is 37.7. The van der Waals surface area contributed by atoms with Crippen LogP contribution in [-0.4, -0.2) is 109 Å². The summed E-state index contributed by atoms with van der Waals surface area (Å²) in [6.07, 6.45) is -5.22. The zero-order valence-corrected chi connectivity index (χ0v) is 24.6. The Bertz CT molecular complexity index is 1940. The van der Waals surface area contributed by atoms with Gasteiger partial charge in [-0.05, 0) is 0 Å². The highest BCUT2D eigenvalue weighted by molar-refractivity contribution is 7.52. The van der Waals surface area contributed by atoms with E-state index in [1.807, 2.05) is 0 Å². The lowest BCUT2D eigenvalue weighted by atomic mass is 10.0. The molecule has 3 fully saturated rings. The zero-order chi connectivity index (χ0) is 31.8. The Balaban J connectivity index is 1.21. The number of nitrogens with one attached hydrogen (secondary N) is 2. The molecule has 4 aromatic rings. The number of fused-ring (bicyclic) bond motifs is 5. The second kappa shape index (κ2) is 10.9. The fourth-order valence-electron chi connectivity index (χ4n) is 5.78. The molecule has 0 aliphatic carbocycles. The second-order valence-electron chi connectivity index (χ2n) is 10.7. The summed E-state index contributed by atoms with van der Waals surface area (Å²) in [7, 11) is -9.36. The maximum absolute atomic E-state index is 13.4. The molecule has 242 valence electrons. The number of rotatable bonds is 2. The summed E-state index contributed by atoms with van der Waals surface area (Å²) in [5.41, 5.74) is 11.2. The van der Waals surface area contributed by atoms with Crippen LogP contribution in [-0.2, 0) is 27.7 Å². The number of ether oxygens (including phenoxy) is 2. The quantitative estimate of drug-likeness (QED) is 0.102. The van der Waals surface area contributed by atoms with E-state index in [-0.39, 0.29) is 34.1 Å². The van der Waals surface area contributed by atoms with Crippen LogP contribution in [0.4, 0.5) is 11.8 Å². The van der Waals surface area contributed by atoms with Crippen molar-refractivity contribution in [3.05, 3.63) is 29.3 Å². The van der Waals surface area contributed by atoms with Crippen molar-refractivity contribution in [2.45, 2.75) is 42.9 Å². The number of aliphatic hydroxyl groups is 2. The van der Waals surface area contributed by atoms with Crippen molar-refractivity contribution in [1.82, 2.24) is 44.1 Å². The third-order valence-corrected chi connectivity index (χ3v) is 10.4. The molecule has 10 atom stereocenters. The minimum absolute atomic E-state index is 0.0365. The smallest absolute Gasteiger partial charge is 0.390 e. The van der Waals surface area contributed by atoms with Gasteiger partial charge in [0, 0.05) is 5.92 Å². The van der Waals surface area contributed by atoms with Crippen molar-refractivity contribution < 1.29 is 47.7 Å². The first kappa shape index (κ1) is 30.3. The summed E-state index contributed by atoms with van der Waals surface area (Å²) >= 11 is 0. The van der Waals surface area contributed by atoms with E-state index in [2.05, 4.69) is 35.0 Å². The van der Waals surface area contributed by atoms with Gasteiger partial charge in [-0.15, -0.1) is 0 Å². The Labute approximate surface area is 250 Å². The molecule has 7 heterocycles. The summed E-state index contributed by atoms with van der Waals surface area (Å²) in [5, 5.41) is 24.7. The number of nitrogens with zero attached hydrogens (tertiary/aromatic N) is 7. The summed E-state index contributed by atoms with van der Waals surface area (Å²) in [4.78, 5) is 56.5. The van der Waals surface area contributed by atoms with Gasteiger partial charge in [0.05, 0.1) is 44.2 Å². The molecule has 0 radical (unpaired) electrons. The Hall–Kier alpha value is -3.40. The first-order valence-corrected chi connectivity index (χ1v) is 16.7. The van der Waals surface area contributed by atoms with E-state index in [9.17, 15) is 33.9 Å². The van der Waals surface area contributed by atoms with Gasteiger partial charge in [0.1, 0.15) is 36.4 Å². The number of anilines is 2. The predicted molar refractivity (Wildman–Crippen MR) is 149 cm³/mol. The van der Waals surface area contributed by atoms with Crippen LogP contribution in [0.3, 0.4) is 0 Å². The molecule has 0 saturated carbocycles. The Kier molecular flexibility index (Phi) is 7.30. The first-order chi connectivity index (χ1) is 21.3. The summed E-state index contributed by atoms with van der Waals surface area (Å²) < 4.78 is 51.7. The third kappa shape index (κ3) is 5.32. The van der Waals surface area contributed by atoms with Crippen molar-refractivity contribution >= 4 is 49.4 Å². The average molecular weight is 671 g/mol. The monoisotopic (exact) mass is 671 g/mol. The van der Waals surface area contributed by atoms with Gasteiger partial charge in [0.2, 0.25) is 5.95 Å². The highest BCUT2D eigenvalue weighted by atomic mass is 31.2. The van der Waals surface area contributed by atoms with Gasteiger partial charge in [-0.1, -0.05) is 0 Å². The van der Waals surface area contributed by atoms with Crippen molar-refractivity contribution in [3.8, 4) is 0 Å². The SMILES string of the molecule is Nc1nc2c(ncn2[C@@H]2O[C@@H]3COP(=O)(O)N[C@H]4[C@@H](O)[C@H](n5cnc6c(N)ncnc65)O[C@@H]4COP(=O)(O)C[C@@H]2[C@@H]3O)c(=O)[nH]1. The van der Waals surface area contributed by atoms with Crippen LogP contribution in [0.5, 0.6) is 0 Å². The summed E-state index contributed by atoms with van der Waals surface area (Å²) in [6, 6.07) is -1.37. The van der Waals surface area contributed by atoms with E-state index in [4.69, 9.17) is 30.0 Å². The van der Waals surface area contributed by atoms with E-state index in [1.54, 1.807) is 0 Å². The number of imidazole rings is 2. The van der Waals surface area contributed by atoms with Gasteiger partial charge < -0.3 is 45.5 Å². The van der Waals surface area contributed by atoms with E-state index in [0.29, 0.717) is 0 Å². The number of hydrogen-bond donors (Lipinski definition) is 8. The van der Waals surface area contributed by atoms with Crippen LogP contribution >= 0.6 is 15.3 Å². The van der Waals surface area contributed by atoms with Crippen molar-refractivity contribution in [2.75, 3.05) is 30.8 Å². The van der Waals surface area contributed by atoms with E-state index in [1.165, 1.54) is 28.1 Å². The molecule has 45 heavy (non-hydrogen) atoms. The lowest BCUT2D eigenvalue weighted by Gasteiger charge is -2.26. The van der Waals surface area contributed by atoms with Gasteiger partial charge >= 0.3 is 15.3 Å². The van der Waals surface area contributed by atoms with E-state index < -0.39 is 89.1 Å². The lowest BCUT2D eigenvalue weighted by Crippen LogP contribution is -2.44. The van der Waals surface area contributed by atoms with Crippen molar-refractivity contribution in [1.29, 1.82) is 0 Å². The highest BCUT2D eigenvalue weighted by Gasteiger charge is 2.52. The maximum Gasteiger partial charge on any atom is 0.403 e. The average Bonchev–Trinajstić information content (AvgIpc) is 3.72. The molecule has 0 amide bonds. The summed E-state index contributed by atoms with van der Waals surface area (Å²) in [6.45, 7) is -1.32. The highest BCUT2D eigenvalue weighted by Crippen LogP contribution is 2.52. The molecule has 0 aromatic carbocycles. The van der Waals surface area contributed by atoms with Crippen LogP contribution in [0.25, 0.3) is 22.3 Å². The van der Waals surface area contributed by atoms with Crippen LogP contribution < -0.4 is 22.1 Å². The van der Waals surface area contributed by atoms with Gasteiger partial charge in [-0.25, -0.2) is 29.6 Å². The Morgan fingerprint density at radius 2 is 1.58 bits per heavy atom. The van der Waals surface area contributed by atoms with E-state index >= 15 is 0 Å². The number of hydrogen-bond acceptors (Lipinski definition) is 16. The zero-order valence-electron chi connectivity index (χ0n) is 22.8. The molecule has 3 saturated heterocycles. The van der Waals surface area contributed by atoms with Gasteiger partial charge in [-0.3, -0.25) is 28.0 Å². The molecule has 10 N–H and O–H groups in total. The molecule has 3 aliphatic rings. The Morgan fingerprint density at radius 1 is 0.889 bits per heavy atom. The number of aliphatic hydroxyl groups excluding tert-OH is 2. The fourth-order valence-corrected chi connectivity index (χ4v) is 8.32. The molecule has 24 heteroatoms. The fraction of sp³-hybridized carbons (Fsp3) is 0.524. The summed E-state index contributed by atoms with van der Waals surface area (Å²) in [5.74, 6) is -1.36. The van der Waals surface area contributed by atoms with Crippen LogP contribution in [0.1, 0.15) is 12.5 Å². The molecular formula is C21H27N11O11P2.